The number of amides is 2. The fourth-order valence-corrected chi connectivity index (χ4v) is 5.17. The fraction of sp³-hybridized carbons (Fsp3) is 0.481. The summed E-state index contributed by atoms with van der Waals surface area (Å²) >= 11 is 0. The Morgan fingerprint density at radius 1 is 0.906 bits per heavy atom. The highest BCUT2D eigenvalue weighted by molar-refractivity contribution is 5.94. The summed E-state index contributed by atoms with van der Waals surface area (Å²) in [6.45, 7) is 7.66. The lowest BCUT2D eigenvalue weighted by molar-refractivity contribution is -0.136. The van der Waals surface area contributed by atoms with E-state index in [1.54, 1.807) is 0 Å². The average molecular weight is 435 g/mol. The summed E-state index contributed by atoms with van der Waals surface area (Å²) in [5.74, 6) is 2.46. The average Bonchev–Trinajstić information content (AvgIpc) is 3.27. The molecule has 0 aliphatic carbocycles. The van der Waals surface area contributed by atoms with Crippen LogP contribution in [0.3, 0.4) is 0 Å². The first kappa shape index (κ1) is 22.4. The van der Waals surface area contributed by atoms with Crippen molar-refractivity contribution in [1.29, 1.82) is 0 Å². The van der Waals surface area contributed by atoms with Crippen LogP contribution in [0.25, 0.3) is 0 Å². The second-order valence-electron chi connectivity index (χ2n) is 9.44. The Balaban J connectivity index is 1.44. The molecule has 2 aliphatic heterocycles. The van der Waals surface area contributed by atoms with Gasteiger partial charge in [0.25, 0.3) is 5.91 Å². The van der Waals surface area contributed by atoms with Gasteiger partial charge in [-0.25, -0.2) is 0 Å². The summed E-state index contributed by atoms with van der Waals surface area (Å²) in [6, 6.07) is 19.4. The molecule has 5 heteroatoms. The van der Waals surface area contributed by atoms with Crippen molar-refractivity contribution >= 4 is 11.8 Å². The third-order valence-corrected chi connectivity index (χ3v) is 6.96. The lowest BCUT2D eigenvalue weighted by Gasteiger charge is -2.37. The molecule has 170 valence electrons. The van der Waals surface area contributed by atoms with Gasteiger partial charge in [0.15, 0.2) is 0 Å². The first-order valence-corrected chi connectivity index (χ1v) is 11.8. The van der Waals surface area contributed by atoms with Gasteiger partial charge in [-0.15, -0.1) is 0 Å². The van der Waals surface area contributed by atoms with Crippen LogP contribution < -0.4 is 4.74 Å². The van der Waals surface area contributed by atoms with E-state index in [0.717, 1.165) is 50.3 Å². The summed E-state index contributed by atoms with van der Waals surface area (Å²) < 4.78 is 6.13. The first-order valence-electron chi connectivity index (χ1n) is 11.8. The lowest BCUT2D eigenvalue weighted by Crippen LogP contribution is -2.43. The zero-order chi connectivity index (χ0) is 22.5. The predicted molar refractivity (Wildman–Crippen MR) is 125 cm³/mol. The van der Waals surface area contributed by atoms with Gasteiger partial charge in [0.1, 0.15) is 5.75 Å². The van der Waals surface area contributed by atoms with Crippen molar-refractivity contribution in [3.63, 3.8) is 0 Å². The third kappa shape index (κ3) is 5.14. The molecule has 0 saturated carbocycles. The minimum Gasteiger partial charge on any atom is -0.493 e. The van der Waals surface area contributed by atoms with Crippen LogP contribution in [0.2, 0.25) is 0 Å². The van der Waals surface area contributed by atoms with Crippen molar-refractivity contribution in [3.05, 3.63) is 66.2 Å². The van der Waals surface area contributed by atoms with Crippen LogP contribution in [0, 0.1) is 23.7 Å². The fourth-order valence-electron chi connectivity index (χ4n) is 5.17. The van der Waals surface area contributed by atoms with Crippen LogP contribution in [0.15, 0.2) is 60.7 Å². The van der Waals surface area contributed by atoms with E-state index >= 15 is 0 Å². The van der Waals surface area contributed by atoms with Crippen molar-refractivity contribution in [2.45, 2.75) is 26.7 Å². The van der Waals surface area contributed by atoms with E-state index in [-0.39, 0.29) is 17.7 Å². The molecule has 0 N–H and O–H groups in total. The van der Waals surface area contributed by atoms with E-state index in [9.17, 15) is 9.59 Å². The Morgan fingerprint density at radius 2 is 1.53 bits per heavy atom. The highest BCUT2D eigenvalue weighted by Gasteiger charge is 2.41. The molecule has 0 bridgehead atoms. The summed E-state index contributed by atoms with van der Waals surface area (Å²) in [5.41, 5.74) is 0.744. The minimum absolute atomic E-state index is 0.0454. The number of hydrogen-bond acceptors (Lipinski definition) is 3. The van der Waals surface area contributed by atoms with Crippen LogP contribution in [0.5, 0.6) is 5.75 Å². The molecule has 2 amide bonds. The monoisotopic (exact) mass is 434 g/mol. The molecule has 5 nitrogen and oxygen atoms in total. The zero-order valence-electron chi connectivity index (χ0n) is 19.2. The van der Waals surface area contributed by atoms with E-state index in [1.165, 1.54) is 0 Å². The molecule has 2 unspecified atom stereocenters. The quantitative estimate of drug-likeness (QED) is 0.679. The molecule has 2 aromatic carbocycles. The molecule has 2 saturated heterocycles. The SMILES string of the molecule is CC(C)C(=O)N1CCC(C2CN(C(=O)c3ccccc3)CC2COc2ccccc2)CC1. The Labute approximate surface area is 191 Å². The molecule has 2 aromatic rings. The number of hydrogen-bond donors (Lipinski definition) is 0. The van der Waals surface area contributed by atoms with E-state index < -0.39 is 0 Å². The molecule has 4 rings (SSSR count). The van der Waals surface area contributed by atoms with Crippen LogP contribution in [0.4, 0.5) is 0 Å². The zero-order valence-corrected chi connectivity index (χ0v) is 19.2. The number of ether oxygens (including phenoxy) is 1. The van der Waals surface area contributed by atoms with Gasteiger partial charge in [-0.05, 0) is 48.9 Å². The van der Waals surface area contributed by atoms with Crippen LogP contribution in [-0.4, -0.2) is 54.4 Å². The first-order chi connectivity index (χ1) is 15.5. The number of para-hydroxylation sites is 1. The molecule has 2 heterocycles. The van der Waals surface area contributed by atoms with E-state index in [2.05, 4.69) is 0 Å². The van der Waals surface area contributed by atoms with E-state index in [1.807, 2.05) is 84.3 Å². The summed E-state index contributed by atoms with van der Waals surface area (Å²) in [7, 11) is 0. The standard InChI is InChI=1S/C27H34N2O3/c1-20(2)26(30)28-15-13-21(14-16-28)25-18-29(27(31)22-9-5-3-6-10-22)17-23(25)19-32-24-11-7-4-8-12-24/h3-12,20-21,23,25H,13-19H2,1-2H3. The van der Waals surface area contributed by atoms with Crippen molar-refractivity contribution in [2.75, 3.05) is 32.8 Å². The molecule has 0 radical (unpaired) electrons. The van der Waals surface area contributed by atoms with Gasteiger partial charge in [0.05, 0.1) is 6.61 Å². The van der Waals surface area contributed by atoms with Gasteiger partial charge in [0, 0.05) is 43.6 Å². The number of piperidine rings is 1. The van der Waals surface area contributed by atoms with Crippen LogP contribution >= 0.6 is 0 Å². The topological polar surface area (TPSA) is 49.9 Å². The highest BCUT2D eigenvalue weighted by Crippen LogP contribution is 2.37. The Hall–Kier alpha value is -2.82. The van der Waals surface area contributed by atoms with Gasteiger partial charge in [-0.1, -0.05) is 50.2 Å². The lowest BCUT2D eigenvalue weighted by atomic mass is 9.78. The normalized spacial score (nSPS) is 21.7. The van der Waals surface area contributed by atoms with Crippen molar-refractivity contribution in [3.8, 4) is 5.75 Å². The molecule has 2 atom stereocenters. The van der Waals surface area contributed by atoms with Gasteiger partial charge in [0.2, 0.25) is 5.91 Å². The maximum absolute atomic E-state index is 13.1. The van der Waals surface area contributed by atoms with E-state index in [4.69, 9.17) is 4.74 Å². The molecular formula is C27H34N2O3. The van der Waals surface area contributed by atoms with Crippen LogP contribution in [0.1, 0.15) is 37.0 Å². The number of carbonyl (C=O) groups excluding carboxylic acids is 2. The van der Waals surface area contributed by atoms with Crippen LogP contribution in [-0.2, 0) is 4.79 Å². The second-order valence-corrected chi connectivity index (χ2v) is 9.44. The number of benzene rings is 2. The largest absolute Gasteiger partial charge is 0.493 e. The number of likely N-dealkylation sites (tertiary alicyclic amines) is 2. The number of rotatable bonds is 6. The summed E-state index contributed by atoms with van der Waals surface area (Å²) in [4.78, 5) is 29.6. The summed E-state index contributed by atoms with van der Waals surface area (Å²) in [6.07, 6.45) is 2.00. The van der Waals surface area contributed by atoms with E-state index in [0.29, 0.717) is 24.4 Å². The summed E-state index contributed by atoms with van der Waals surface area (Å²) in [5, 5.41) is 0. The molecule has 2 fully saturated rings. The molecule has 0 spiro atoms. The van der Waals surface area contributed by atoms with Gasteiger partial charge in [-0.2, -0.15) is 0 Å². The third-order valence-electron chi connectivity index (χ3n) is 6.96. The molecule has 2 aliphatic rings. The smallest absolute Gasteiger partial charge is 0.253 e. The number of carbonyl (C=O) groups is 2. The van der Waals surface area contributed by atoms with Crippen molar-refractivity contribution < 1.29 is 14.3 Å². The van der Waals surface area contributed by atoms with Crippen molar-refractivity contribution in [2.24, 2.45) is 23.7 Å². The number of nitrogens with zero attached hydrogens (tertiary/aromatic N) is 2. The van der Waals surface area contributed by atoms with Gasteiger partial charge in [-0.3, -0.25) is 9.59 Å². The Bertz CT molecular complexity index is 892. The maximum atomic E-state index is 13.1. The highest BCUT2D eigenvalue weighted by atomic mass is 16.5. The predicted octanol–water partition coefficient (Wildman–Crippen LogP) is 4.35. The van der Waals surface area contributed by atoms with Crippen molar-refractivity contribution in [1.82, 2.24) is 9.80 Å². The molecule has 0 aromatic heterocycles. The maximum Gasteiger partial charge on any atom is 0.253 e. The van der Waals surface area contributed by atoms with Gasteiger partial charge >= 0.3 is 0 Å². The Kier molecular flexibility index (Phi) is 7.13. The Morgan fingerprint density at radius 3 is 2.16 bits per heavy atom. The minimum atomic E-state index is 0.0454. The van der Waals surface area contributed by atoms with Gasteiger partial charge < -0.3 is 14.5 Å². The molecular weight excluding hydrogens is 400 g/mol. The second kappa shape index (κ2) is 10.2. The molecule has 32 heavy (non-hydrogen) atoms.